The van der Waals surface area contributed by atoms with E-state index in [9.17, 15) is 4.79 Å². The maximum atomic E-state index is 12.3. The van der Waals surface area contributed by atoms with Gasteiger partial charge in [0.25, 0.3) is 5.91 Å². The molecule has 0 radical (unpaired) electrons. The normalized spacial score (nSPS) is 10.4. The van der Waals surface area contributed by atoms with Crippen LogP contribution in [0.4, 0.5) is 5.82 Å². The van der Waals surface area contributed by atoms with Gasteiger partial charge in [-0.05, 0) is 48.7 Å². The Labute approximate surface area is 165 Å². The average molecular weight is 375 g/mol. The molecule has 3 rings (SSSR count). The van der Waals surface area contributed by atoms with Gasteiger partial charge in [-0.1, -0.05) is 42.0 Å². The van der Waals surface area contributed by atoms with Crippen molar-refractivity contribution in [2.75, 3.05) is 19.0 Å². The summed E-state index contributed by atoms with van der Waals surface area (Å²) in [5, 5.41) is 6.20. The van der Waals surface area contributed by atoms with Crippen LogP contribution in [-0.2, 0) is 13.0 Å². The van der Waals surface area contributed by atoms with E-state index in [1.165, 1.54) is 11.1 Å². The lowest BCUT2D eigenvalue weighted by atomic mass is 10.1. The number of aryl methyl sites for hydroxylation is 1. The standard InChI is InChI=1S/C23H25N3O2/c1-17-5-3-7-19(13-17)15-25-22-10-9-20(16-26-22)23(27)24-12-11-18-6-4-8-21(14-18)28-2/h3-10,13-14,16H,11-12,15H2,1-2H3,(H,24,27)(H,25,26). The molecule has 5 nitrogen and oxygen atoms in total. The molecule has 1 amide bonds. The number of carbonyl (C=O) groups is 1. The van der Waals surface area contributed by atoms with E-state index in [-0.39, 0.29) is 5.91 Å². The van der Waals surface area contributed by atoms with Gasteiger partial charge >= 0.3 is 0 Å². The van der Waals surface area contributed by atoms with Gasteiger partial charge in [-0.15, -0.1) is 0 Å². The summed E-state index contributed by atoms with van der Waals surface area (Å²) >= 11 is 0. The quantitative estimate of drug-likeness (QED) is 0.625. The summed E-state index contributed by atoms with van der Waals surface area (Å²) in [6, 6.07) is 19.8. The van der Waals surface area contributed by atoms with Crippen LogP contribution in [0.1, 0.15) is 27.0 Å². The van der Waals surface area contributed by atoms with E-state index < -0.39 is 0 Å². The second kappa shape index (κ2) is 9.55. The molecule has 0 aliphatic heterocycles. The van der Waals surface area contributed by atoms with Crippen molar-refractivity contribution in [3.8, 4) is 5.75 Å². The topological polar surface area (TPSA) is 63.2 Å². The van der Waals surface area contributed by atoms with Gasteiger partial charge in [0.15, 0.2) is 0 Å². The summed E-state index contributed by atoms with van der Waals surface area (Å²) in [7, 11) is 1.65. The molecule has 3 aromatic rings. The smallest absolute Gasteiger partial charge is 0.252 e. The number of carbonyl (C=O) groups excluding carboxylic acids is 1. The number of nitrogens with zero attached hydrogens (tertiary/aromatic N) is 1. The number of aromatic nitrogens is 1. The van der Waals surface area contributed by atoms with Gasteiger partial charge in [0.2, 0.25) is 0 Å². The minimum atomic E-state index is -0.124. The summed E-state index contributed by atoms with van der Waals surface area (Å²) in [6.45, 7) is 3.32. The van der Waals surface area contributed by atoms with E-state index in [1.54, 1.807) is 19.4 Å². The lowest BCUT2D eigenvalue weighted by Gasteiger charge is -2.09. The number of hydrogen-bond donors (Lipinski definition) is 2. The van der Waals surface area contributed by atoms with Crippen LogP contribution in [0.2, 0.25) is 0 Å². The van der Waals surface area contributed by atoms with Crippen molar-refractivity contribution in [1.82, 2.24) is 10.3 Å². The first-order valence-electron chi connectivity index (χ1n) is 9.30. The van der Waals surface area contributed by atoms with E-state index in [1.807, 2.05) is 36.4 Å². The summed E-state index contributed by atoms with van der Waals surface area (Å²) < 4.78 is 5.22. The second-order valence-electron chi connectivity index (χ2n) is 6.63. The number of hydrogen-bond acceptors (Lipinski definition) is 4. The molecule has 5 heteroatoms. The van der Waals surface area contributed by atoms with E-state index in [4.69, 9.17) is 4.74 Å². The molecule has 1 aromatic heterocycles. The lowest BCUT2D eigenvalue weighted by Crippen LogP contribution is -2.25. The largest absolute Gasteiger partial charge is 0.497 e. The molecule has 2 aromatic carbocycles. The van der Waals surface area contributed by atoms with Crippen molar-refractivity contribution in [1.29, 1.82) is 0 Å². The third-order valence-electron chi connectivity index (χ3n) is 4.42. The Kier molecular flexibility index (Phi) is 6.63. The van der Waals surface area contributed by atoms with Crippen molar-refractivity contribution in [2.45, 2.75) is 19.9 Å². The molecular weight excluding hydrogens is 350 g/mol. The first-order chi connectivity index (χ1) is 13.6. The highest BCUT2D eigenvalue weighted by Crippen LogP contribution is 2.13. The van der Waals surface area contributed by atoms with Crippen LogP contribution in [0.3, 0.4) is 0 Å². The Hall–Kier alpha value is -3.34. The van der Waals surface area contributed by atoms with Crippen molar-refractivity contribution in [2.24, 2.45) is 0 Å². The first kappa shape index (κ1) is 19.4. The maximum absolute atomic E-state index is 12.3. The minimum Gasteiger partial charge on any atom is -0.497 e. The summed E-state index contributed by atoms with van der Waals surface area (Å²) in [6.07, 6.45) is 2.34. The van der Waals surface area contributed by atoms with Crippen LogP contribution < -0.4 is 15.4 Å². The SMILES string of the molecule is COc1cccc(CCNC(=O)c2ccc(NCc3cccc(C)c3)nc2)c1. The zero-order chi connectivity index (χ0) is 19.8. The number of benzene rings is 2. The molecule has 28 heavy (non-hydrogen) atoms. The van der Waals surface area contributed by atoms with Crippen LogP contribution in [0, 0.1) is 6.92 Å². The molecule has 0 aliphatic rings. The predicted octanol–water partition coefficient (Wildman–Crippen LogP) is 3.98. The van der Waals surface area contributed by atoms with Gasteiger partial charge in [-0.2, -0.15) is 0 Å². The Bertz CT molecular complexity index is 923. The van der Waals surface area contributed by atoms with Gasteiger partial charge < -0.3 is 15.4 Å². The zero-order valence-corrected chi connectivity index (χ0v) is 16.2. The van der Waals surface area contributed by atoms with Crippen LogP contribution in [0.25, 0.3) is 0 Å². The minimum absolute atomic E-state index is 0.124. The van der Waals surface area contributed by atoms with E-state index in [2.05, 4.69) is 40.7 Å². The number of ether oxygens (including phenoxy) is 1. The predicted molar refractivity (Wildman–Crippen MR) is 112 cm³/mol. The molecule has 0 atom stereocenters. The molecule has 0 saturated heterocycles. The molecule has 144 valence electrons. The second-order valence-corrected chi connectivity index (χ2v) is 6.63. The molecule has 1 heterocycles. The molecule has 2 N–H and O–H groups in total. The fraction of sp³-hybridized carbons (Fsp3) is 0.217. The molecule has 0 aliphatic carbocycles. The van der Waals surface area contributed by atoms with E-state index >= 15 is 0 Å². The monoisotopic (exact) mass is 375 g/mol. The number of amides is 1. The molecule has 0 bridgehead atoms. The number of methoxy groups -OCH3 is 1. The fourth-order valence-corrected chi connectivity index (χ4v) is 2.90. The Morgan fingerprint density at radius 3 is 2.61 bits per heavy atom. The Morgan fingerprint density at radius 2 is 1.86 bits per heavy atom. The van der Waals surface area contributed by atoms with Crippen LogP contribution in [-0.4, -0.2) is 24.5 Å². The highest BCUT2D eigenvalue weighted by Gasteiger charge is 2.06. The third kappa shape index (κ3) is 5.58. The van der Waals surface area contributed by atoms with Crippen molar-refractivity contribution >= 4 is 11.7 Å². The summed E-state index contributed by atoms with van der Waals surface area (Å²) in [5.74, 6) is 1.44. The number of anilines is 1. The number of pyridine rings is 1. The highest BCUT2D eigenvalue weighted by atomic mass is 16.5. The molecule has 0 unspecified atom stereocenters. The van der Waals surface area contributed by atoms with Crippen LogP contribution >= 0.6 is 0 Å². The van der Waals surface area contributed by atoms with Gasteiger partial charge in [0.1, 0.15) is 11.6 Å². The highest BCUT2D eigenvalue weighted by molar-refractivity contribution is 5.94. The fourth-order valence-electron chi connectivity index (χ4n) is 2.90. The average Bonchev–Trinajstić information content (AvgIpc) is 2.73. The van der Waals surface area contributed by atoms with E-state index in [0.717, 1.165) is 23.6 Å². The molecular formula is C23H25N3O2. The maximum Gasteiger partial charge on any atom is 0.252 e. The van der Waals surface area contributed by atoms with Crippen LogP contribution in [0.15, 0.2) is 66.9 Å². The van der Waals surface area contributed by atoms with Crippen molar-refractivity contribution in [3.05, 3.63) is 89.1 Å². The van der Waals surface area contributed by atoms with Gasteiger partial charge in [0, 0.05) is 19.3 Å². The lowest BCUT2D eigenvalue weighted by molar-refractivity contribution is 0.0954. The summed E-state index contributed by atoms with van der Waals surface area (Å²) in [5.41, 5.74) is 4.09. The number of nitrogens with one attached hydrogen (secondary N) is 2. The number of rotatable bonds is 8. The molecule has 0 fully saturated rings. The van der Waals surface area contributed by atoms with Crippen molar-refractivity contribution < 1.29 is 9.53 Å². The molecule has 0 saturated carbocycles. The Morgan fingerprint density at radius 1 is 1.04 bits per heavy atom. The zero-order valence-electron chi connectivity index (χ0n) is 16.2. The summed E-state index contributed by atoms with van der Waals surface area (Å²) in [4.78, 5) is 16.6. The Balaban J connectivity index is 1.47. The third-order valence-corrected chi connectivity index (χ3v) is 4.42. The first-order valence-corrected chi connectivity index (χ1v) is 9.30. The van der Waals surface area contributed by atoms with Gasteiger partial charge in [-0.25, -0.2) is 4.98 Å². The van der Waals surface area contributed by atoms with Gasteiger partial charge in [0.05, 0.1) is 12.7 Å². The molecule has 0 spiro atoms. The van der Waals surface area contributed by atoms with E-state index in [0.29, 0.717) is 18.7 Å². The van der Waals surface area contributed by atoms with Gasteiger partial charge in [-0.3, -0.25) is 4.79 Å². The van der Waals surface area contributed by atoms with Crippen LogP contribution in [0.5, 0.6) is 5.75 Å². The van der Waals surface area contributed by atoms with Crippen molar-refractivity contribution in [3.63, 3.8) is 0 Å².